The number of hydrogen-bond acceptors (Lipinski definition) is 4. The second kappa shape index (κ2) is 6.11. The topological polar surface area (TPSA) is 75.7 Å². The maximum atomic E-state index is 10.9. The number of benzene rings is 2. The Morgan fingerprint density at radius 2 is 2.00 bits per heavy atom. The Morgan fingerprint density at radius 3 is 2.62 bits per heavy atom. The molecule has 2 rings (SSSR count). The minimum Gasteiger partial charge on any atom is -0.502 e. The van der Waals surface area contributed by atoms with Gasteiger partial charge in [0.25, 0.3) is 0 Å². The monoisotopic (exact) mass is 324 g/mol. The summed E-state index contributed by atoms with van der Waals surface area (Å²) in [5.74, 6) is -0.431. The van der Waals surface area contributed by atoms with Gasteiger partial charge in [-0.25, -0.2) is 0 Å². The number of halogens is 2. The van der Waals surface area contributed by atoms with Crippen molar-refractivity contribution in [3.05, 3.63) is 61.6 Å². The van der Waals surface area contributed by atoms with Crippen LogP contribution < -0.4 is 0 Å². The van der Waals surface area contributed by atoms with Crippen LogP contribution in [0.15, 0.2) is 35.3 Å². The van der Waals surface area contributed by atoms with Gasteiger partial charge in [-0.3, -0.25) is 15.1 Å². The maximum absolute atomic E-state index is 10.9. The number of phenols is 1. The molecule has 108 valence electrons. The van der Waals surface area contributed by atoms with Crippen LogP contribution in [0.5, 0.6) is 5.75 Å². The van der Waals surface area contributed by atoms with E-state index in [2.05, 4.69) is 4.99 Å². The van der Waals surface area contributed by atoms with Crippen molar-refractivity contribution in [3.63, 3.8) is 0 Å². The van der Waals surface area contributed by atoms with Gasteiger partial charge in [0.2, 0.25) is 5.75 Å². The molecule has 0 fully saturated rings. The zero-order chi connectivity index (χ0) is 15.6. The van der Waals surface area contributed by atoms with E-state index in [-0.39, 0.29) is 11.3 Å². The largest absolute Gasteiger partial charge is 0.502 e. The summed E-state index contributed by atoms with van der Waals surface area (Å²) >= 11 is 11.8. The van der Waals surface area contributed by atoms with Gasteiger partial charge in [-0.15, -0.1) is 0 Å². The third kappa shape index (κ3) is 3.51. The summed E-state index contributed by atoms with van der Waals surface area (Å²) in [4.78, 5) is 14.3. The van der Waals surface area contributed by atoms with Crippen molar-refractivity contribution in [1.82, 2.24) is 0 Å². The number of nitro groups is 1. The van der Waals surface area contributed by atoms with Crippen LogP contribution in [0.2, 0.25) is 10.0 Å². The van der Waals surface area contributed by atoms with Gasteiger partial charge in [0.15, 0.2) is 0 Å². The Morgan fingerprint density at radius 1 is 1.29 bits per heavy atom. The molecule has 21 heavy (non-hydrogen) atoms. The minimum atomic E-state index is -0.644. The molecule has 5 nitrogen and oxygen atoms in total. The first-order valence-corrected chi connectivity index (χ1v) is 6.61. The number of aliphatic imine (C=N–C) groups is 1. The lowest BCUT2D eigenvalue weighted by Crippen LogP contribution is -1.93. The number of aromatic hydroxyl groups is 1. The van der Waals surface area contributed by atoms with Crippen LogP contribution in [0.4, 0.5) is 11.4 Å². The van der Waals surface area contributed by atoms with E-state index >= 15 is 0 Å². The Bertz CT molecular complexity index is 745. The molecule has 0 spiro atoms. The number of aryl methyl sites for hydroxylation is 1. The fourth-order valence-corrected chi connectivity index (χ4v) is 2.21. The molecule has 7 heteroatoms. The second-order valence-corrected chi connectivity index (χ2v) is 5.18. The molecule has 2 aromatic rings. The maximum Gasteiger partial charge on any atom is 0.311 e. The van der Waals surface area contributed by atoms with Crippen LogP contribution in [0.25, 0.3) is 0 Å². The molecule has 0 aliphatic rings. The molecule has 0 bridgehead atoms. The van der Waals surface area contributed by atoms with E-state index in [1.807, 2.05) is 0 Å². The zero-order valence-electron chi connectivity index (χ0n) is 10.9. The van der Waals surface area contributed by atoms with Crippen molar-refractivity contribution in [1.29, 1.82) is 0 Å². The van der Waals surface area contributed by atoms with Crippen LogP contribution in [-0.4, -0.2) is 16.2 Å². The highest BCUT2D eigenvalue weighted by molar-refractivity contribution is 6.36. The molecule has 0 atom stereocenters. The number of nitrogens with zero attached hydrogens (tertiary/aromatic N) is 2. The van der Waals surface area contributed by atoms with Gasteiger partial charge in [0.05, 0.1) is 15.6 Å². The Labute approximate surface area is 130 Å². The van der Waals surface area contributed by atoms with Gasteiger partial charge < -0.3 is 5.11 Å². The Kier molecular flexibility index (Phi) is 4.45. The molecule has 0 aromatic heterocycles. The van der Waals surface area contributed by atoms with Gasteiger partial charge in [0.1, 0.15) is 0 Å². The predicted octanol–water partition coefficient (Wildman–Crippen LogP) is 4.67. The number of rotatable bonds is 3. The molecule has 1 N–H and O–H groups in total. The quantitative estimate of drug-likeness (QED) is 0.506. The molecule has 2 aromatic carbocycles. The molecule has 0 amide bonds. The summed E-state index contributed by atoms with van der Waals surface area (Å²) in [5, 5.41) is 21.6. The summed E-state index contributed by atoms with van der Waals surface area (Å²) in [6.45, 7) is 1.69. The average Bonchev–Trinajstić information content (AvgIpc) is 2.40. The highest BCUT2D eigenvalue weighted by Crippen LogP contribution is 2.32. The van der Waals surface area contributed by atoms with Crippen LogP contribution in [0, 0.1) is 17.0 Å². The molecule has 0 aliphatic heterocycles. The van der Waals surface area contributed by atoms with E-state index in [0.29, 0.717) is 21.3 Å². The third-order valence-electron chi connectivity index (χ3n) is 2.71. The highest BCUT2D eigenvalue weighted by Gasteiger charge is 2.17. The standard InChI is InChI=1S/C14H10Cl2N2O3/c1-8-4-9(14(19)13(5-8)18(20)21)7-17-12-3-2-10(15)6-11(12)16/h2-7,19H,1H3. The molecule has 0 heterocycles. The molecule has 0 radical (unpaired) electrons. The summed E-state index contributed by atoms with van der Waals surface area (Å²) < 4.78 is 0. The number of hydrogen-bond donors (Lipinski definition) is 1. The highest BCUT2D eigenvalue weighted by atomic mass is 35.5. The van der Waals surface area contributed by atoms with Gasteiger partial charge in [-0.2, -0.15) is 0 Å². The van der Waals surface area contributed by atoms with E-state index in [0.717, 1.165) is 0 Å². The van der Waals surface area contributed by atoms with Crippen molar-refractivity contribution in [3.8, 4) is 5.75 Å². The Hall–Kier alpha value is -2.11. The van der Waals surface area contributed by atoms with E-state index in [1.165, 1.54) is 18.3 Å². The van der Waals surface area contributed by atoms with Crippen molar-refractivity contribution in [2.45, 2.75) is 6.92 Å². The fourth-order valence-electron chi connectivity index (χ4n) is 1.75. The summed E-state index contributed by atoms with van der Waals surface area (Å²) in [6, 6.07) is 7.66. The molecule has 0 unspecified atom stereocenters. The van der Waals surface area contributed by atoms with Crippen LogP contribution in [0.3, 0.4) is 0 Å². The van der Waals surface area contributed by atoms with Crippen molar-refractivity contribution < 1.29 is 10.0 Å². The van der Waals surface area contributed by atoms with Crippen LogP contribution in [0.1, 0.15) is 11.1 Å². The van der Waals surface area contributed by atoms with Gasteiger partial charge in [-0.05, 0) is 36.8 Å². The minimum absolute atomic E-state index is 0.243. The smallest absolute Gasteiger partial charge is 0.311 e. The molecule has 0 saturated heterocycles. The SMILES string of the molecule is Cc1cc(C=Nc2ccc(Cl)cc2Cl)c(O)c([N+](=O)[O-])c1. The summed E-state index contributed by atoms with van der Waals surface area (Å²) in [5.41, 5.74) is 0.971. The molecular weight excluding hydrogens is 315 g/mol. The lowest BCUT2D eigenvalue weighted by atomic mass is 10.1. The van der Waals surface area contributed by atoms with E-state index in [1.54, 1.807) is 25.1 Å². The third-order valence-corrected chi connectivity index (χ3v) is 3.25. The Balaban J connectivity index is 2.43. The molecular formula is C14H10Cl2N2O3. The molecule has 0 aliphatic carbocycles. The summed E-state index contributed by atoms with van der Waals surface area (Å²) in [7, 11) is 0. The van der Waals surface area contributed by atoms with Crippen molar-refractivity contribution in [2.24, 2.45) is 4.99 Å². The van der Waals surface area contributed by atoms with E-state index in [4.69, 9.17) is 23.2 Å². The van der Waals surface area contributed by atoms with E-state index in [9.17, 15) is 15.2 Å². The predicted molar refractivity (Wildman–Crippen MR) is 83.2 cm³/mol. The normalized spacial score (nSPS) is 11.0. The summed E-state index contributed by atoms with van der Waals surface area (Å²) in [6.07, 6.45) is 1.32. The van der Waals surface area contributed by atoms with E-state index < -0.39 is 10.7 Å². The first-order valence-electron chi connectivity index (χ1n) is 5.85. The number of nitro benzene ring substituents is 1. The van der Waals surface area contributed by atoms with Crippen LogP contribution in [-0.2, 0) is 0 Å². The molecule has 0 saturated carbocycles. The van der Waals surface area contributed by atoms with Gasteiger partial charge in [-0.1, -0.05) is 23.2 Å². The first kappa shape index (κ1) is 15.3. The zero-order valence-corrected chi connectivity index (χ0v) is 12.4. The lowest BCUT2D eigenvalue weighted by Gasteiger charge is -2.03. The second-order valence-electron chi connectivity index (χ2n) is 4.33. The average molecular weight is 325 g/mol. The number of phenolic OH excluding ortho intramolecular Hbond substituents is 1. The fraction of sp³-hybridized carbons (Fsp3) is 0.0714. The first-order chi connectivity index (χ1) is 9.88. The van der Waals surface area contributed by atoms with Gasteiger partial charge in [0, 0.05) is 22.9 Å². The van der Waals surface area contributed by atoms with Gasteiger partial charge >= 0.3 is 5.69 Å². The van der Waals surface area contributed by atoms with Crippen molar-refractivity contribution in [2.75, 3.05) is 0 Å². The van der Waals surface area contributed by atoms with Crippen LogP contribution >= 0.6 is 23.2 Å². The van der Waals surface area contributed by atoms with Crippen molar-refractivity contribution >= 4 is 40.8 Å². The lowest BCUT2D eigenvalue weighted by molar-refractivity contribution is -0.385.